The molecular weight excluding hydrogens is 180 g/mol. The van der Waals surface area contributed by atoms with Crippen LogP contribution in [0.4, 0.5) is 5.82 Å². The van der Waals surface area contributed by atoms with Gasteiger partial charge in [-0.25, -0.2) is 4.52 Å². The van der Waals surface area contributed by atoms with Crippen molar-refractivity contribution in [2.45, 2.75) is 6.92 Å². The van der Waals surface area contributed by atoms with Crippen LogP contribution < -0.4 is 10.9 Å². The number of fused-ring (bicyclic) bond motifs is 1. The van der Waals surface area contributed by atoms with Gasteiger partial charge in [0.2, 0.25) is 5.91 Å². The molecule has 0 bridgehead atoms. The molecule has 0 aliphatic carbocycles. The standard InChI is InChI=1S/C9H10N4O/c1-7(14)10-11-9-6-8-4-2-3-5-13(8)12-9/h2-6H,1H3,(H,10,14)(H,11,12). The molecule has 72 valence electrons. The van der Waals surface area contributed by atoms with E-state index < -0.39 is 0 Å². The van der Waals surface area contributed by atoms with Crippen LogP contribution in [-0.2, 0) is 4.79 Å². The van der Waals surface area contributed by atoms with E-state index in [0.29, 0.717) is 5.82 Å². The van der Waals surface area contributed by atoms with Crippen molar-refractivity contribution in [1.29, 1.82) is 0 Å². The van der Waals surface area contributed by atoms with E-state index in [2.05, 4.69) is 16.0 Å². The molecule has 0 saturated carbocycles. The first kappa shape index (κ1) is 8.55. The monoisotopic (exact) mass is 190 g/mol. The van der Waals surface area contributed by atoms with Gasteiger partial charge in [-0.05, 0) is 12.1 Å². The molecule has 0 radical (unpaired) electrons. The van der Waals surface area contributed by atoms with Gasteiger partial charge in [0.25, 0.3) is 0 Å². The van der Waals surface area contributed by atoms with Gasteiger partial charge in [-0.1, -0.05) is 6.07 Å². The van der Waals surface area contributed by atoms with E-state index in [1.807, 2.05) is 30.5 Å². The molecule has 0 atom stereocenters. The maximum atomic E-state index is 10.6. The number of rotatable bonds is 2. The van der Waals surface area contributed by atoms with Gasteiger partial charge in [0.15, 0.2) is 5.82 Å². The molecule has 1 amide bonds. The Kier molecular flexibility index (Phi) is 2.06. The van der Waals surface area contributed by atoms with Gasteiger partial charge >= 0.3 is 0 Å². The first-order chi connectivity index (χ1) is 6.75. The van der Waals surface area contributed by atoms with Crippen molar-refractivity contribution >= 4 is 17.2 Å². The molecule has 5 nitrogen and oxygen atoms in total. The van der Waals surface area contributed by atoms with Crippen LogP contribution >= 0.6 is 0 Å². The number of hydrazine groups is 1. The maximum absolute atomic E-state index is 10.6. The van der Waals surface area contributed by atoms with Crippen molar-refractivity contribution in [2.24, 2.45) is 0 Å². The Morgan fingerprint density at radius 2 is 2.36 bits per heavy atom. The summed E-state index contributed by atoms with van der Waals surface area (Å²) in [5, 5.41) is 4.18. The van der Waals surface area contributed by atoms with Crippen LogP contribution in [0.2, 0.25) is 0 Å². The number of amides is 1. The normalized spacial score (nSPS) is 10.1. The molecule has 0 saturated heterocycles. The summed E-state index contributed by atoms with van der Waals surface area (Å²) in [4.78, 5) is 10.6. The molecule has 2 aromatic rings. The van der Waals surface area contributed by atoms with Gasteiger partial charge < -0.3 is 0 Å². The molecule has 5 heteroatoms. The fourth-order valence-corrected chi connectivity index (χ4v) is 1.15. The zero-order valence-electron chi connectivity index (χ0n) is 7.69. The second-order valence-corrected chi connectivity index (χ2v) is 2.91. The molecule has 2 heterocycles. The zero-order valence-corrected chi connectivity index (χ0v) is 7.69. The van der Waals surface area contributed by atoms with Crippen LogP contribution in [-0.4, -0.2) is 15.5 Å². The lowest BCUT2D eigenvalue weighted by molar-refractivity contribution is -0.118. The van der Waals surface area contributed by atoms with Crippen LogP contribution in [0.3, 0.4) is 0 Å². The minimum atomic E-state index is -0.151. The van der Waals surface area contributed by atoms with Gasteiger partial charge in [0.05, 0.1) is 5.52 Å². The number of hydrogen-bond donors (Lipinski definition) is 2. The fraction of sp³-hybridized carbons (Fsp3) is 0.111. The Balaban J connectivity index is 2.22. The van der Waals surface area contributed by atoms with E-state index in [9.17, 15) is 4.79 Å². The van der Waals surface area contributed by atoms with E-state index in [1.54, 1.807) is 4.52 Å². The number of aromatic nitrogens is 2. The summed E-state index contributed by atoms with van der Waals surface area (Å²) < 4.78 is 1.73. The highest BCUT2D eigenvalue weighted by molar-refractivity contribution is 5.74. The lowest BCUT2D eigenvalue weighted by Gasteiger charge is -1.99. The third kappa shape index (κ3) is 1.66. The second-order valence-electron chi connectivity index (χ2n) is 2.91. The van der Waals surface area contributed by atoms with Gasteiger partial charge in [0.1, 0.15) is 0 Å². The van der Waals surface area contributed by atoms with Crippen molar-refractivity contribution < 1.29 is 4.79 Å². The molecule has 0 aliphatic heterocycles. The molecule has 0 fully saturated rings. The van der Waals surface area contributed by atoms with E-state index >= 15 is 0 Å². The number of nitrogens with one attached hydrogen (secondary N) is 2. The molecule has 0 unspecified atom stereocenters. The van der Waals surface area contributed by atoms with Crippen LogP contribution in [0.25, 0.3) is 5.52 Å². The molecule has 14 heavy (non-hydrogen) atoms. The van der Waals surface area contributed by atoms with E-state index in [-0.39, 0.29) is 5.91 Å². The van der Waals surface area contributed by atoms with Gasteiger partial charge in [0, 0.05) is 19.2 Å². The minimum absolute atomic E-state index is 0.151. The quantitative estimate of drug-likeness (QED) is 0.688. The summed E-state index contributed by atoms with van der Waals surface area (Å²) >= 11 is 0. The summed E-state index contributed by atoms with van der Waals surface area (Å²) in [6.07, 6.45) is 1.84. The molecule has 2 N–H and O–H groups in total. The summed E-state index contributed by atoms with van der Waals surface area (Å²) in [7, 11) is 0. The van der Waals surface area contributed by atoms with Crippen molar-refractivity contribution in [2.75, 3.05) is 5.43 Å². The number of anilines is 1. The van der Waals surface area contributed by atoms with Gasteiger partial charge in [-0.15, -0.1) is 5.10 Å². The lowest BCUT2D eigenvalue weighted by Crippen LogP contribution is -2.26. The molecule has 2 aromatic heterocycles. The SMILES string of the molecule is CC(=O)NNc1cc2ccccn2n1. The first-order valence-corrected chi connectivity index (χ1v) is 4.23. The predicted octanol–water partition coefficient (Wildman–Crippen LogP) is 0.797. The maximum Gasteiger partial charge on any atom is 0.235 e. The van der Waals surface area contributed by atoms with Crippen LogP contribution in [0.15, 0.2) is 30.5 Å². The summed E-state index contributed by atoms with van der Waals surface area (Å²) in [6, 6.07) is 7.60. The molecule has 0 aliphatic rings. The summed E-state index contributed by atoms with van der Waals surface area (Å²) in [6.45, 7) is 1.43. The first-order valence-electron chi connectivity index (χ1n) is 4.23. The zero-order chi connectivity index (χ0) is 9.97. The Morgan fingerprint density at radius 1 is 1.50 bits per heavy atom. The molecule has 0 spiro atoms. The van der Waals surface area contributed by atoms with E-state index in [1.165, 1.54) is 6.92 Å². The largest absolute Gasteiger partial charge is 0.280 e. The highest BCUT2D eigenvalue weighted by Gasteiger charge is 1.99. The predicted molar refractivity (Wildman–Crippen MR) is 52.6 cm³/mol. The summed E-state index contributed by atoms with van der Waals surface area (Å²) in [5.74, 6) is 0.466. The smallest absolute Gasteiger partial charge is 0.235 e. The molecule has 0 aromatic carbocycles. The minimum Gasteiger partial charge on any atom is -0.280 e. The average molecular weight is 190 g/mol. The Morgan fingerprint density at radius 3 is 3.07 bits per heavy atom. The number of carbonyl (C=O) groups excluding carboxylic acids is 1. The van der Waals surface area contributed by atoms with Crippen molar-refractivity contribution in [3.05, 3.63) is 30.5 Å². The third-order valence-electron chi connectivity index (χ3n) is 1.74. The van der Waals surface area contributed by atoms with Crippen molar-refractivity contribution in [3.8, 4) is 0 Å². The number of hydrogen-bond acceptors (Lipinski definition) is 3. The van der Waals surface area contributed by atoms with Crippen LogP contribution in [0, 0.1) is 0 Å². The van der Waals surface area contributed by atoms with Crippen LogP contribution in [0.1, 0.15) is 6.92 Å². The van der Waals surface area contributed by atoms with E-state index in [0.717, 1.165) is 5.52 Å². The Labute approximate surface area is 80.7 Å². The fourth-order valence-electron chi connectivity index (χ4n) is 1.15. The lowest BCUT2D eigenvalue weighted by atomic mass is 10.4. The van der Waals surface area contributed by atoms with Crippen molar-refractivity contribution in [3.63, 3.8) is 0 Å². The van der Waals surface area contributed by atoms with Crippen LogP contribution in [0.5, 0.6) is 0 Å². The van der Waals surface area contributed by atoms with Gasteiger partial charge in [-0.2, -0.15) is 0 Å². The number of nitrogens with zero attached hydrogens (tertiary/aromatic N) is 2. The van der Waals surface area contributed by atoms with E-state index in [4.69, 9.17) is 0 Å². The third-order valence-corrected chi connectivity index (χ3v) is 1.74. The highest BCUT2D eigenvalue weighted by Crippen LogP contribution is 2.08. The number of carbonyl (C=O) groups is 1. The van der Waals surface area contributed by atoms with Gasteiger partial charge in [-0.3, -0.25) is 15.6 Å². The topological polar surface area (TPSA) is 58.4 Å². The average Bonchev–Trinajstić information content (AvgIpc) is 2.57. The molecule has 2 rings (SSSR count). The Bertz CT molecular complexity index is 430. The van der Waals surface area contributed by atoms with Crippen molar-refractivity contribution in [1.82, 2.24) is 15.0 Å². The summed E-state index contributed by atoms with van der Waals surface area (Å²) in [5.41, 5.74) is 6.13. The Hall–Kier alpha value is -2.04. The highest BCUT2D eigenvalue weighted by atomic mass is 16.2. The number of pyridine rings is 1. The molecular formula is C9H10N4O. The second kappa shape index (κ2) is 3.37.